The number of hydrogen-bond acceptors (Lipinski definition) is 3. The first-order valence-corrected chi connectivity index (χ1v) is 9.31. The highest BCUT2D eigenvalue weighted by Gasteiger charge is 2.13. The second-order valence-electron chi connectivity index (χ2n) is 6.17. The summed E-state index contributed by atoms with van der Waals surface area (Å²) in [6.07, 6.45) is 5.06. The van der Waals surface area contributed by atoms with Gasteiger partial charge in [0, 0.05) is 16.7 Å². The molecule has 1 heterocycles. The number of hydrogen-bond donors (Lipinski definition) is 1. The third kappa shape index (κ3) is 5.65. The molecule has 1 N–H and O–H groups in total. The third-order valence-electron chi connectivity index (χ3n) is 3.88. The number of likely N-dealkylation sites (tertiary alicyclic amines) is 1. The van der Waals surface area contributed by atoms with E-state index in [1.807, 2.05) is 24.3 Å². The highest BCUT2D eigenvalue weighted by molar-refractivity contribution is 8.00. The van der Waals surface area contributed by atoms with Crippen molar-refractivity contribution < 1.29 is 4.79 Å². The third-order valence-corrected chi connectivity index (χ3v) is 4.96. The van der Waals surface area contributed by atoms with Crippen molar-refractivity contribution >= 4 is 17.7 Å². The zero-order chi connectivity index (χ0) is 15.8. The molecule has 0 unspecified atom stereocenters. The van der Waals surface area contributed by atoms with Gasteiger partial charge in [-0.1, -0.05) is 32.4 Å². The lowest BCUT2D eigenvalue weighted by Gasteiger charge is -2.26. The molecular weight excluding hydrogens is 292 g/mol. The van der Waals surface area contributed by atoms with Gasteiger partial charge in [-0.25, -0.2) is 0 Å². The molecule has 22 heavy (non-hydrogen) atoms. The van der Waals surface area contributed by atoms with Gasteiger partial charge in [0.1, 0.15) is 0 Å². The fraction of sp³-hybridized carbons (Fsp3) is 0.611. The minimum Gasteiger partial charge on any atom is -0.352 e. The summed E-state index contributed by atoms with van der Waals surface area (Å²) < 4.78 is 0. The monoisotopic (exact) mass is 320 g/mol. The molecule has 0 aromatic heterocycles. The Balaban J connectivity index is 1.77. The fourth-order valence-corrected chi connectivity index (χ4v) is 3.75. The predicted molar refractivity (Wildman–Crippen MR) is 94.7 cm³/mol. The lowest BCUT2D eigenvalue weighted by atomic mass is 10.1. The molecule has 1 aromatic carbocycles. The van der Waals surface area contributed by atoms with Gasteiger partial charge >= 0.3 is 0 Å². The highest BCUT2D eigenvalue weighted by Crippen LogP contribution is 2.26. The zero-order valence-corrected chi connectivity index (χ0v) is 14.6. The molecule has 1 aliphatic rings. The van der Waals surface area contributed by atoms with Crippen LogP contribution in [0.3, 0.4) is 0 Å². The average molecular weight is 321 g/mol. The molecule has 4 heteroatoms. The van der Waals surface area contributed by atoms with Crippen molar-refractivity contribution in [2.75, 3.05) is 26.2 Å². The van der Waals surface area contributed by atoms with Crippen LogP contribution in [0.25, 0.3) is 0 Å². The topological polar surface area (TPSA) is 32.3 Å². The van der Waals surface area contributed by atoms with Gasteiger partial charge in [0.25, 0.3) is 5.91 Å². The van der Waals surface area contributed by atoms with Crippen molar-refractivity contribution in [3.05, 3.63) is 29.8 Å². The Morgan fingerprint density at radius 3 is 2.68 bits per heavy atom. The maximum Gasteiger partial charge on any atom is 0.252 e. The van der Waals surface area contributed by atoms with Gasteiger partial charge in [0.15, 0.2) is 0 Å². The van der Waals surface area contributed by atoms with Crippen LogP contribution in [0.15, 0.2) is 29.2 Å². The summed E-state index contributed by atoms with van der Waals surface area (Å²) in [7, 11) is 0. The number of carbonyl (C=O) groups is 1. The number of rotatable bonds is 7. The van der Waals surface area contributed by atoms with E-state index in [1.165, 1.54) is 32.4 Å². The van der Waals surface area contributed by atoms with Gasteiger partial charge in [-0.3, -0.25) is 4.79 Å². The normalized spacial score (nSPS) is 16.0. The minimum atomic E-state index is 0.0578. The van der Waals surface area contributed by atoms with E-state index in [0.29, 0.717) is 5.25 Å². The number of carbonyl (C=O) groups excluding carboxylic acids is 1. The van der Waals surface area contributed by atoms with Crippen molar-refractivity contribution in [2.45, 2.75) is 49.7 Å². The van der Waals surface area contributed by atoms with Crippen molar-refractivity contribution in [1.29, 1.82) is 0 Å². The largest absolute Gasteiger partial charge is 0.352 e. The van der Waals surface area contributed by atoms with E-state index in [-0.39, 0.29) is 5.91 Å². The van der Waals surface area contributed by atoms with Crippen molar-refractivity contribution in [1.82, 2.24) is 10.2 Å². The second-order valence-corrected chi connectivity index (χ2v) is 7.79. The molecule has 0 radical (unpaired) electrons. The first kappa shape index (κ1) is 17.4. The second kappa shape index (κ2) is 9.21. The summed E-state index contributed by atoms with van der Waals surface area (Å²) in [6, 6.07) is 7.89. The van der Waals surface area contributed by atoms with Crippen LogP contribution < -0.4 is 5.32 Å². The molecule has 1 saturated heterocycles. The van der Waals surface area contributed by atoms with Crippen molar-refractivity contribution in [2.24, 2.45) is 0 Å². The van der Waals surface area contributed by atoms with Crippen LogP contribution in [0.4, 0.5) is 0 Å². The maximum absolute atomic E-state index is 12.4. The van der Waals surface area contributed by atoms with Crippen LogP contribution in [0.2, 0.25) is 0 Å². The van der Waals surface area contributed by atoms with Crippen molar-refractivity contribution in [3.63, 3.8) is 0 Å². The van der Waals surface area contributed by atoms with Gasteiger partial charge < -0.3 is 10.2 Å². The molecule has 2 rings (SSSR count). The first-order valence-electron chi connectivity index (χ1n) is 8.43. The van der Waals surface area contributed by atoms with Crippen LogP contribution in [0.1, 0.15) is 49.9 Å². The minimum absolute atomic E-state index is 0.0578. The lowest BCUT2D eigenvalue weighted by Crippen LogP contribution is -2.33. The molecule has 122 valence electrons. The molecule has 0 bridgehead atoms. The van der Waals surface area contributed by atoms with Crippen LogP contribution in [-0.4, -0.2) is 42.2 Å². The molecule has 3 nitrogen and oxygen atoms in total. The number of amides is 1. The standard InChI is InChI=1S/C18H28N2OS/c1-15(2)22-17-10-5-4-9-16(17)18(21)19-11-8-14-20-12-6-3-7-13-20/h4-5,9-10,15H,3,6-8,11-14H2,1-2H3,(H,19,21). The summed E-state index contributed by atoms with van der Waals surface area (Å²) in [4.78, 5) is 15.9. The maximum atomic E-state index is 12.4. The Bertz CT molecular complexity index is 470. The Kier molecular flexibility index (Phi) is 7.26. The summed E-state index contributed by atoms with van der Waals surface area (Å²) in [5.74, 6) is 0.0578. The Morgan fingerprint density at radius 2 is 1.95 bits per heavy atom. The number of nitrogens with one attached hydrogen (secondary N) is 1. The number of piperidine rings is 1. The predicted octanol–water partition coefficient (Wildman–Crippen LogP) is 3.79. The Morgan fingerprint density at radius 1 is 1.23 bits per heavy atom. The van der Waals surface area contributed by atoms with Crippen LogP contribution in [0.5, 0.6) is 0 Å². The van der Waals surface area contributed by atoms with Gasteiger partial charge in [0.2, 0.25) is 0 Å². The Labute approximate surface area is 138 Å². The molecule has 0 atom stereocenters. The lowest BCUT2D eigenvalue weighted by molar-refractivity contribution is 0.0948. The van der Waals surface area contributed by atoms with E-state index in [0.717, 1.165) is 30.0 Å². The van der Waals surface area contributed by atoms with E-state index in [9.17, 15) is 4.79 Å². The summed E-state index contributed by atoms with van der Waals surface area (Å²) >= 11 is 1.75. The van der Waals surface area contributed by atoms with Crippen LogP contribution >= 0.6 is 11.8 Å². The number of nitrogens with zero attached hydrogens (tertiary/aromatic N) is 1. The smallest absolute Gasteiger partial charge is 0.252 e. The molecule has 0 saturated carbocycles. The van der Waals surface area contributed by atoms with Gasteiger partial charge in [0.05, 0.1) is 5.56 Å². The van der Waals surface area contributed by atoms with E-state index >= 15 is 0 Å². The van der Waals surface area contributed by atoms with E-state index < -0.39 is 0 Å². The molecular formula is C18H28N2OS. The highest BCUT2D eigenvalue weighted by atomic mass is 32.2. The van der Waals surface area contributed by atoms with E-state index in [4.69, 9.17) is 0 Å². The molecule has 0 spiro atoms. The van der Waals surface area contributed by atoms with Crippen LogP contribution in [-0.2, 0) is 0 Å². The van der Waals surface area contributed by atoms with Gasteiger partial charge in [-0.15, -0.1) is 11.8 Å². The zero-order valence-electron chi connectivity index (χ0n) is 13.8. The number of thioether (sulfide) groups is 1. The van der Waals surface area contributed by atoms with Gasteiger partial charge in [-0.05, 0) is 51.0 Å². The van der Waals surface area contributed by atoms with Crippen LogP contribution in [0, 0.1) is 0 Å². The molecule has 1 fully saturated rings. The van der Waals surface area contributed by atoms with Crippen molar-refractivity contribution in [3.8, 4) is 0 Å². The number of benzene rings is 1. The first-order chi connectivity index (χ1) is 10.7. The summed E-state index contributed by atoms with van der Waals surface area (Å²) in [5, 5.41) is 3.55. The SMILES string of the molecule is CC(C)Sc1ccccc1C(=O)NCCCN1CCCCC1. The summed E-state index contributed by atoms with van der Waals surface area (Å²) in [5.41, 5.74) is 0.805. The summed E-state index contributed by atoms with van der Waals surface area (Å²) in [6.45, 7) is 8.61. The molecule has 1 amide bonds. The van der Waals surface area contributed by atoms with E-state index in [1.54, 1.807) is 11.8 Å². The fourth-order valence-electron chi connectivity index (χ4n) is 2.79. The van der Waals surface area contributed by atoms with Gasteiger partial charge in [-0.2, -0.15) is 0 Å². The molecule has 1 aliphatic heterocycles. The molecule has 0 aliphatic carbocycles. The molecule has 1 aromatic rings. The Hall–Kier alpha value is -1.00. The average Bonchev–Trinajstić information content (AvgIpc) is 2.52. The van der Waals surface area contributed by atoms with E-state index in [2.05, 4.69) is 24.1 Å². The quantitative estimate of drug-likeness (QED) is 0.613.